The predicted molar refractivity (Wildman–Crippen MR) is 132 cm³/mol. The average Bonchev–Trinajstić information content (AvgIpc) is 3.29. The van der Waals surface area contributed by atoms with E-state index in [1.54, 1.807) is 22.9 Å². The van der Waals surface area contributed by atoms with Gasteiger partial charge in [0.15, 0.2) is 5.69 Å². The van der Waals surface area contributed by atoms with Crippen LogP contribution in [0.15, 0.2) is 53.6 Å². The summed E-state index contributed by atoms with van der Waals surface area (Å²) < 4.78 is 44.0. The lowest BCUT2D eigenvalue weighted by atomic mass is 10.1. The van der Waals surface area contributed by atoms with Crippen LogP contribution in [-0.4, -0.2) is 37.7 Å². The molecule has 204 valence electrons. The van der Waals surface area contributed by atoms with Crippen molar-refractivity contribution in [2.75, 3.05) is 5.32 Å². The molecule has 0 radical (unpaired) electrons. The number of rotatable bonds is 12. The van der Waals surface area contributed by atoms with Crippen molar-refractivity contribution >= 4 is 17.5 Å². The quantitative estimate of drug-likeness (QED) is 0.342. The van der Waals surface area contributed by atoms with Gasteiger partial charge in [-0.15, -0.1) is 18.3 Å². The highest BCUT2D eigenvalue weighted by Gasteiger charge is 2.31. The molecule has 3 rings (SSSR count). The number of amides is 2. The van der Waals surface area contributed by atoms with E-state index in [-0.39, 0.29) is 35.4 Å². The summed E-state index contributed by atoms with van der Waals surface area (Å²) in [5.74, 6) is -0.811. The number of unbranched alkanes of at least 4 members (excludes halogenated alkanes) is 1. The normalized spacial score (nSPS) is 11.4. The van der Waals surface area contributed by atoms with Crippen molar-refractivity contribution in [2.45, 2.75) is 59.1 Å². The van der Waals surface area contributed by atoms with Crippen LogP contribution in [-0.2, 0) is 24.4 Å². The molecule has 2 amide bonds. The number of nitrogens with zero attached hydrogens (tertiary/aromatic N) is 4. The largest absolute Gasteiger partial charge is 0.573 e. The van der Waals surface area contributed by atoms with Gasteiger partial charge in [-0.25, -0.2) is 0 Å². The van der Waals surface area contributed by atoms with Crippen LogP contribution in [0.5, 0.6) is 5.75 Å². The molecule has 0 saturated heterocycles. The van der Waals surface area contributed by atoms with Crippen molar-refractivity contribution in [1.82, 2.24) is 24.9 Å². The van der Waals surface area contributed by atoms with Gasteiger partial charge in [0.05, 0.1) is 6.20 Å². The van der Waals surface area contributed by atoms with E-state index in [4.69, 9.17) is 0 Å². The van der Waals surface area contributed by atoms with Crippen LogP contribution in [0.3, 0.4) is 0 Å². The molecule has 13 heteroatoms. The Bertz CT molecular complexity index is 1300. The molecule has 1 aromatic carbocycles. The maximum atomic E-state index is 12.4. The first-order valence-electron chi connectivity index (χ1n) is 12.0. The standard InChI is InChI=1S/C25H29F3N6O4/c1-17(2)12-22(35)30-19-8-11-33(23(36)14-19)9-3-4-10-34-16-21(31-32-34)24(37)29-15-18-6-5-7-20(13-18)38-25(26,27)28/h5-8,11,13-14,16-17H,3-4,9-10,12,15H2,1-2H3,(H,29,37)(H,30,35). The highest BCUT2D eigenvalue weighted by molar-refractivity contribution is 5.91. The van der Waals surface area contributed by atoms with Crippen molar-refractivity contribution in [3.05, 3.63) is 70.4 Å². The second-order valence-electron chi connectivity index (χ2n) is 9.05. The van der Waals surface area contributed by atoms with E-state index in [1.165, 1.54) is 35.1 Å². The summed E-state index contributed by atoms with van der Waals surface area (Å²) in [5.41, 5.74) is 0.739. The van der Waals surface area contributed by atoms with E-state index in [1.807, 2.05) is 13.8 Å². The Hall–Kier alpha value is -4.16. The molecule has 0 aliphatic heterocycles. The SMILES string of the molecule is CC(C)CC(=O)Nc1ccn(CCCCn2cc(C(=O)NCc3cccc(OC(F)(F)F)c3)nn2)c(=O)c1. The second kappa shape index (κ2) is 12.9. The summed E-state index contributed by atoms with van der Waals surface area (Å²) in [4.78, 5) is 36.5. The maximum absolute atomic E-state index is 12.4. The van der Waals surface area contributed by atoms with Gasteiger partial charge in [-0.1, -0.05) is 31.2 Å². The van der Waals surface area contributed by atoms with Crippen molar-refractivity contribution in [2.24, 2.45) is 5.92 Å². The van der Waals surface area contributed by atoms with Crippen molar-refractivity contribution in [3.8, 4) is 5.75 Å². The van der Waals surface area contributed by atoms with Crippen LogP contribution in [0.2, 0.25) is 0 Å². The Morgan fingerprint density at radius 3 is 2.58 bits per heavy atom. The van der Waals surface area contributed by atoms with Crippen LogP contribution in [0, 0.1) is 5.92 Å². The topological polar surface area (TPSA) is 120 Å². The molecule has 0 saturated carbocycles. The molecule has 0 unspecified atom stereocenters. The van der Waals surface area contributed by atoms with Crippen molar-refractivity contribution < 1.29 is 27.5 Å². The van der Waals surface area contributed by atoms with Gasteiger partial charge in [-0.3, -0.25) is 19.1 Å². The number of alkyl halides is 3. The Labute approximate surface area is 216 Å². The lowest BCUT2D eigenvalue weighted by Gasteiger charge is -2.10. The number of hydrogen-bond donors (Lipinski definition) is 2. The third-order valence-corrected chi connectivity index (χ3v) is 5.27. The van der Waals surface area contributed by atoms with E-state index in [0.717, 1.165) is 0 Å². The van der Waals surface area contributed by atoms with Crippen molar-refractivity contribution in [3.63, 3.8) is 0 Å². The number of anilines is 1. The Balaban J connectivity index is 1.42. The molecule has 38 heavy (non-hydrogen) atoms. The molecule has 2 heterocycles. The number of aryl methyl sites for hydroxylation is 2. The third kappa shape index (κ3) is 9.37. The second-order valence-corrected chi connectivity index (χ2v) is 9.05. The molecule has 0 fully saturated rings. The predicted octanol–water partition coefficient (Wildman–Crippen LogP) is 3.73. The molecule has 0 aliphatic rings. The number of hydrogen-bond acceptors (Lipinski definition) is 6. The van der Waals surface area contributed by atoms with Gasteiger partial charge in [0.25, 0.3) is 11.5 Å². The minimum Gasteiger partial charge on any atom is -0.406 e. The van der Waals surface area contributed by atoms with Gasteiger partial charge < -0.3 is 19.9 Å². The molecule has 2 aromatic heterocycles. The zero-order valence-electron chi connectivity index (χ0n) is 21.0. The van der Waals surface area contributed by atoms with Crippen molar-refractivity contribution in [1.29, 1.82) is 0 Å². The van der Waals surface area contributed by atoms with Crippen LogP contribution in [0.1, 0.15) is 49.2 Å². The smallest absolute Gasteiger partial charge is 0.406 e. The lowest BCUT2D eigenvalue weighted by Crippen LogP contribution is -2.23. The van der Waals surface area contributed by atoms with Gasteiger partial charge in [0.2, 0.25) is 5.91 Å². The van der Waals surface area contributed by atoms with Crippen LogP contribution < -0.4 is 20.9 Å². The molecule has 0 atom stereocenters. The van der Waals surface area contributed by atoms with E-state index in [9.17, 15) is 27.6 Å². The van der Waals surface area contributed by atoms with Crippen LogP contribution in [0.4, 0.5) is 18.9 Å². The number of aromatic nitrogens is 4. The molecular weight excluding hydrogens is 505 g/mol. The number of ether oxygens (including phenoxy) is 1. The Morgan fingerprint density at radius 1 is 1.11 bits per heavy atom. The number of carbonyl (C=O) groups excluding carboxylic acids is 2. The fraction of sp³-hybridized carbons (Fsp3) is 0.400. The highest BCUT2D eigenvalue weighted by Crippen LogP contribution is 2.23. The molecule has 0 spiro atoms. The minimum absolute atomic E-state index is 0.0182. The lowest BCUT2D eigenvalue weighted by molar-refractivity contribution is -0.274. The third-order valence-electron chi connectivity index (χ3n) is 5.27. The zero-order chi connectivity index (χ0) is 27.7. The first kappa shape index (κ1) is 28.4. The van der Waals surface area contributed by atoms with E-state index >= 15 is 0 Å². The highest BCUT2D eigenvalue weighted by atomic mass is 19.4. The summed E-state index contributed by atoms with van der Waals surface area (Å²) in [6.07, 6.45) is 0.0122. The number of benzene rings is 1. The van der Waals surface area contributed by atoms with Crippen LogP contribution in [0.25, 0.3) is 0 Å². The zero-order valence-corrected chi connectivity index (χ0v) is 21.0. The Morgan fingerprint density at radius 2 is 1.87 bits per heavy atom. The van der Waals surface area contributed by atoms with Gasteiger partial charge >= 0.3 is 6.36 Å². The summed E-state index contributed by atoms with van der Waals surface area (Å²) in [6.45, 7) is 4.80. The fourth-order valence-corrected chi connectivity index (χ4v) is 3.55. The summed E-state index contributed by atoms with van der Waals surface area (Å²) in [6, 6.07) is 8.38. The van der Waals surface area contributed by atoms with E-state index < -0.39 is 12.3 Å². The van der Waals surface area contributed by atoms with Crippen LogP contribution >= 0.6 is 0 Å². The Kier molecular flexibility index (Phi) is 9.63. The summed E-state index contributed by atoms with van der Waals surface area (Å²) in [5, 5.41) is 13.1. The fourth-order valence-electron chi connectivity index (χ4n) is 3.55. The number of halogens is 3. The molecule has 10 nitrogen and oxygen atoms in total. The summed E-state index contributed by atoms with van der Waals surface area (Å²) >= 11 is 0. The van der Waals surface area contributed by atoms with Gasteiger partial charge in [0, 0.05) is 44.0 Å². The molecule has 0 aliphatic carbocycles. The summed E-state index contributed by atoms with van der Waals surface area (Å²) in [7, 11) is 0. The number of carbonyl (C=O) groups is 2. The maximum Gasteiger partial charge on any atom is 0.573 e. The molecule has 2 N–H and O–H groups in total. The minimum atomic E-state index is -4.80. The van der Waals surface area contributed by atoms with E-state index in [2.05, 4.69) is 25.7 Å². The molecule has 3 aromatic rings. The van der Waals surface area contributed by atoms with Gasteiger partial charge in [0.1, 0.15) is 5.75 Å². The number of pyridine rings is 1. The molecule has 0 bridgehead atoms. The van der Waals surface area contributed by atoms with Gasteiger partial charge in [-0.2, -0.15) is 0 Å². The van der Waals surface area contributed by atoms with Gasteiger partial charge in [-0.05, 0) is 42.5 Å². The average molecular weight is 535 g/mol. The van der Waals surface area contributed by atoms with E-state index in [0.29, 0.717) is 43.6 Å². The molecular formula is C25H29F3N6O4. The monoisotopic (exact) mass is 534 g/mol. The number of nitrogens with one attached hydrogen (secondary N) is 2. The first-order chi connectivity index (χ1) is 18.0. The first-order valence-corrected chi connectivity index (χ1v) is 12.0.